The van der Waals surface area contributed by atoms with Crippen LogP contribution in [0.25, 0.3) is 0 Å². The Morgan fingerprint density at radius 3 is 2.81 bits per heavy atom. The van der Waals surface area contributed by atoms with Crippen molar-refractivity contribution in [1.82, 2.24) is 20.5 Å². The molecule has 0 aliphatic carbocycles. The van der Waals surface area contributed by atoms with Gasteiger partial charge >= 0.3 is 6.03 Å². The molecule has 1 saturated heterocycles. The molecule has 3 N–H and O–H groups in total. The Labute approximate surface area is 183 Å². The van der Waals surface area contributed by atoms with Crippen molar-refractivity contribution in [2.75, 3.05) is 13.7 Å². The zero-order chi connectivity index (χ0) is 22.9. The number of nitrogens with one attached hydrogen (secondary N) is 2. The molecule has 2 aromatic rings. The quantitative estimate of drug-likeness (QED) is 0.215. The van der Waals surface area contributed by atoms with Gasteiger partial charge in [-0.2, -0.15) is 0 Å². The van der Waals surface area contributed by atoms with E-state index < -0.39 is 17.5 Å². The number of methoxy groups -OCH3 is 1. The van der Waals surface area contributed by atoms with Gasteiger partial charge in [0.05, 0.1) is 19.4 Å². The number of fused-ring (bicyclic) bond motifs is 1. The summed E-state index contributed by atoms with van der Waals surface area (Å²) in [5, 5.41) is 16.8. The highest BCUT2D eigenvalue weighted by Crippen LogP contribution is 2.28. The van der Waals surface area contributed by atoms with Gasteiger partial charge in [0, 0.05) is 35.6 Å². The van der Waals surface area contributed by atoms with Gasteiger partial charge in [0.15, 0.2) is 0 Å². The Morgan fingerprint density at radius 1 is 1.31 bits per heavy atom. The van der Waals surface area contributed by atoms with E-state index in [0.29, 0.717) is 28.2 Å². The minimum atomic E-state index is -1.63. The molecule has 3 heterocycles. The van der Waals surface area contributed by atoms with Crippen molar-refractivity contribution in [3.8, 4) is 17.6 Å². The number of nitrogens with zero attached hydrogens (tertiary/aromatic N) is 3. The number of aromatic nitrogens is 1. The molecule has 2 aliphatic heterocycles. The molecule has 0 unspecified atom stereocenters. The molecule has 1 aromatic carbocycles. The second-order valence-corrected chi connectivity index (χ2v) is 7.40. The van der Waals surface area contributed by atoms with Gasteiger partial charge in [0.1, 0.15) is 5.75 Å². The molecule has 2 aliphatic rings. The lowest BCUT2D eigenvalue weighted by molar-refractivity contribution is -0.122. The molecule has 1 fully saturated rings. The third-order valence-corrected chi connectivity index (χ3v) is 5.29. The first kappa shape index (κ1) is 20.9. The van der Waals surface area contributed by atoms with Gasteiger partial charge in [0.2, 0.25) is 5.54 Å². The van der Waals surface area contributed by atoms with Crippen LogP contribution in [-0.2, 0) is 11.3 Å². The topological polar surface area (TPSA) is 133 Å². The van der Waals surface area contributed by atoms with Crippen LogP contribution in [0.1, 0.15) is 34.0 Å². The van der Waals surface area contributed by atoms with Crippen LogP contribution >= 0.6 is 0 Å². The Balaban J connectivity index is 1.65. The molecule has 10 nitrogen and oxygen atoms in total. The number of pyridine rings is 1. The van der Waals surface area contributed by atoms with Crippen molar-refractivity contribution in [1.29, 1.82) is 0 Å². The Hall–Kier alpha value is -4.39. The van der Waals surface area contributed by atoms with Gasteiger partial charge in [-0.1, -0.05) is 23.1 Å². The number of urea groups is 1. The fraction of sp³-hybridized carbons (Fsp3) is 0.227. The van der Waals surface area contributed by atoms with E-state index in [0.717, 1.165) is 5.56 Å². The van der Waals surface area contributed by atoms with Gasteiger partial charge in [-0.25, -0.2) is 4.79 Å². The second-order valence-electron chi connectivity index (χ2n) is 7.40. The van der Waals surface area contributed by atoms with Crippen LogP contribution in [0.5, 0.6) is 5.75 Å². The number of carbonyl (C=O) groups excluding carboxylic acids is 3. The molecular weight excluding hydrogens is 414 g/mol. The predicted molar refractivity (Wildman–Crippen MR) is 112 cm³/mol. The number of oxime groups is 1. The molecule has 0 bridgehead atoms. The summed E-state index contributed by atoms with van der Waals surface area (Å²) >= 11 is 0. The third-order valence-electron chi connectivity index (χ3n) is 5.29. The standard InChI is InChI=1S/C22H19N5O5/c1-13(26-31)16-7-14(9-23-10-16)5-6-22(20(29)24-21(30)25-22)12-27-11-15-3-4-17(32-2)8-18(15)19(27)28/h3-4,7-10,31H,11-12H2,1-2H3,(H2,24,25,29,30)/t22-/m1/s1. The van der Waals surface area contributed by atoms with E-state index in [4.69, 9.17) is 9.94 Å². The number of ether oxygens (including phenoxy) is 1. The molecule has 1 atom stereocenters. The smallest absolute Gasteiger partial charge is 0.323 e. The number of hydrogen-bond donors (Lipinski definition) is 3. The maximum atomic E-state index is 12.9. The zero-order valence-corrected chi connectivity index (χ0v) is 17.3. The number of rotatable bonds is 4. The maximum absolute atomic E-state index is 12.9. The first-order valence-electron chi connectivity index (χ1n) is 9.62. The average molecular weight is 433 g/mol. The minimum Gasteiger partial charge on any atom is -0.497 e. The summed E-state index contributed by atoms with van der Waals surface area (Å²) in [6.07, 6.45) is 2.99. The van der Waals surface area contributed by atoms with E-state index in [1.165, 1.54) is 24.4 Å². The van der Waals surface area contributed by atoms with Crippen molar-refractivity contribution in [3.63, 3.8) is 0 Å². The summed E-state index contributed by atoms with van der Waals surface area (Å²) in [5.41, 5.74) is 0.979. The molecule has 4 rings (SSSR count). The van der Waals surface area contributed by atoms with Crippen LogP contribution in [0.3, 0.4) is 0 Å². The van der Waals surface area contributed by atoms with Crippen LogP contribution in [0.2, 0.25) is 0 Å². The van der Waals surface area contributed by atoms with Gasteiger partial charge in [0.25, 0.3) is 11.8 Å². The monoisotopic (exact) mass is 433 g/mol. The largest absolute Gasteiger partial charge is 0.497 e. The lowest BCUT2D eigenvalue weighted by Crippen LogP contribution is -2.54. The number of amides is 4. The highest BCUT2D eigenvalue weighted by Gasteiger charge is 2.48. The number of benzene rings is 1. The summed E-state index contributed by atoms with van der Waals surface area (Å²) in [4.78, 5) is 43.1. The molecule has 4 amide bonds. The summed E-state index contributed by atoms with van der Waals surface area (Å²) in [5.74, 6) is 5.28. The van der Waals surface area contributed by atoms with Crippen LogP contribution < -0.4 is 15.4 Å². The molecule has 162 valence electrons. The molecular formula is C22H19N5O5. The fourth-order valence-electron chi connectivity index (χ4n) is 3.55. The van der Waals surface area contributed by atoms with Gasteiger partial charge in [-0.3, -0.25) is 19.9 Å². The average Bonchev–Trinajstić information content (AvgIpc) is 3.26. The van der Waals surface area contributed by atoms with E-state index in [1.807, 2.05) is 0 Å². The lowest BCUT2D eigenvalue weighted by atomic mass is 9.99. The van der Waals surface area contributed by atoms with Crippen molar-refractivity contribution >= 4 is 23.6 Å². The minimum absolute atomic E-state index is 0.141. The van der Waals surface area contributed by atoms with Crippen LogP contribution in [0, 0.1) is 11.8 Å². The van der Waals surface area contributed by atoms with Crippen LogP contribution in [-0.4, -0.2) is 57.8 Å². The predicted octanol–water partition coefficient (Wildman–Crippen LogP) is 0.874. The SMILES string of the molecule is COc1ccc2c(c1)C(=O)N(C[C@@]1(C#Cc3cncc(C(C)=NO)c3)NC(=O)NC1=O)C2. The van der Waals surface area contributed by atoms with Gasteiger partial charge < -0.3 is 20.2 Å². The second kappa shape index (κ2) is 8.03. The normalized spacial score (nSPS) is 19.8. The Bertz CT molecular complexity index is 1230. The van der Waals surface area contributed by atoms with Crippen molar-refractivity contribution in [2.24, 2.45) is 5.16 Å². The Kier molecular flexibility index (Phi) is 5.24. The van der Waals surface area contributed by atoms with Crippen molar-refractivity contribution < 1.29 is 24.3 Å². The number of carbonyl (C=O) groups is 3. The van der Waals surface area contributed by atoms with Gasteiger partial charge in [-0.05, 0) is 30.7 Å². The first-order valence-corrected chi connectivity index (χ1v) is 9.62. The van der Waals surface area contributed by atoms with Crippen molar-refractivity contribution in [3.05, 3.63) is 58.9 Å². The van der Waals surface area contributed by atoms with E-state index in [2.05, 4.69) is 32.6 Å². The van der Waals surface area contributed by atoms with E-state index in [9.17, 15) is 14.4 Å². The van der Waals surface area contributed by atoms with E-state index in [-0.39, 0.29) is 19.0 Å². The van der Waals surface area contributed by atoms with E-state index in [1.54, 1.807) is 31.2 Å². The Morgan fingerprint density at radius 2 is 2.12 bits per heavy atom. The van der Waals surface area contributed by atoms with Crippen LogP contribution in [0.4, 0.5) is 4.79 Å². The maximum Gasteiger partial charge on any atom is 0.323 e. The zero-order valence-electron chi connectivity index (χ0n) is 17.3. The van der Waals surface area contributed by atoms with Crippen molar-refractivity contribution in [2.45, 2.75) is 19.0 Å². The fourth-order valence-corrected chi connectivity index (χ4v) is 3.55. The molecule has 10 heteroatoms. The molecule has 0 spiro atoms. The highest BCUT2D eigenvalue weighted by atomic mass is 16.5. The summed E-state index contributed by atoms with van der Waals surface area (Å²) in [7, 11) is 1.51. The molecule has 1 aromatic heterocycles. The first-order chi connectivity index (χ1) is 15.3. The summed E-state index contributed by atoms with van der Waals surface area (Å²) < 4.78 is 5.19. The summed E-state index contributed by atoms with van der Waals surface area (Å²) in [6, 6.07) is 6.14. The van der Waals surface area contributed by atoms with Crippen LogP contribution in [0.15, 0.2) is 41.8 Å². The molecule has 32 heavy (non-hydrogen) atoms. The third kappa shape index (κ3) is 3.72. The summed E-state index contributed by atoms with van der Waals surface area (Å²) in [6.45, 7) is 1.73. The number of hydrogen-bond acceptors (Lipinski definition) is 7. The molecule has 0 saturated carbocycles. The molecule has 0 radical (unpaired) electrons. The lowest BCUT2D eigenvalue weighted by Gasteiger charge is -2.26. The highest BCUT2D eigenvalue weighted by molar-refractivity contribution is 6.10. The van der Waals surface area contributed by atoms with Gasteiger partial charge in [-0.15, -0.1) is 0 Å². The van der Waals surface area contributed by atoms with E-state index >= 15 is 0 Å². The number of imide groups is 1.